The summed E-state index contributed by atoms with van der Waals surface area (Å²) < 4.78 is 0. The third-order valence-corrected chi connectivity index (χ3v) is 9.40. The molecule has 4 heterocycles. The number of fused-ring (bicyclic) bond motifs is 6. The van der Waals surface area contributed by atoms with Crippen LogP contribution in [0.25, 0.3) is 43.6 Å². The van der Waals surface area contributed by atoms with Gasteiger partial charge in [0.2, 0.25) is 0 Å². The number of hydrogen-bond acceptors (Lipinski definition) is 6. The number of pyridine rings is 2. The van der Waals surface area contributed by atoms with Crippen molar-refractivity contribution >= 4 is 67.2 Å². The van der Waals surface area contributed by atoms with E-state index in [0.29, 0.717) is 44.0 Å². The van der Waals surface area contributed by atoms with Crippen molar-refractivity contribution in [2.24, 2.45) is 0 Å². The molecule has 0 spiro atoms. The molecule has 4 amide bonds. The lowest BCUT2D eigenvalue weighted by molar-refractivity contribution is 0.0617. The normalized spacial score (nSPS) is 14.2. The maximum Gasteiger partial charge on any atom is 0.261 e. The van der Waals surface area contributed by atoms with Crippen LogP contribution in [-0.4, -0.2) is 43.4 Å². The number of nitrogens with one attached hydrogen (secondary N) is 2. The Hall–Kier alpha value is -6.68. The Morgan fingerprint density at radius 2 is 0.917 bits per heavy atom. The molecule has 2 aliphatic heterocycles. The minimum absolute atomic E-state index is 0.176. The van der Waals surface area contributed by atoms with Crippen molar-refractivity contribution < 1.29 is 19.2 Å². The highest BCUT2D eigenvalue weighted by molar-refractivity contribution is 6.22. The van der Waals surface area contributed by atoms with Gasteiger partial charge in [0, 0.05) is 21.7 Å². The molecule has 2 aromatic heterocycles. The van der Waals surface area contributed by atoms with Crippen LogP contribution in [0.2, 0.25) is 0 Å². The number of benzene rings is 5. The summed E-state index contributed by atoms with van der Waals surface area (Å²) in [5, 5.41) is 1.41. The number of amides is 4. The van der Waals surface area contributed by atoms with Gasteiger partial charge in [0.15, 0.2) is 10.9 Å². The molecule has 10 heteroatoms. The minimum Gasteiger partial charge on any atom is -0.354 e. The Morgan fingerprint density at radius 1 is 0.438 bits per heavy atom. The zero-order valence-electron chi connectivity index (χ0n) is 25.0. The topological polar surface area (TPSA) is 140 Å². The molecule has 48 heavy (non-hydrogen) atoms. The van der Waals surface area contributed by atoms with Crippen molar-refractivity contribution in [3.05, 3.63) is 151 Å². The molecule has 7 aromatic rings. The van der Waals surface area contributed by atoms with Gasteiger partial charge in [-0.05, 0) is 65.7 Å². The first-order valence-electron chi connectivity index (χ1n) is 15.3. The predicted molar refractivity (Wildman–Crippen MR) is 179 cm³/mol. The van der Waals surface area contributed by atoms with Crippen LogP contribution >= 0.6 is 0 Å². The fourth-order valence-corrected chi connectivity index (χ4v) is 7.02. The van der Waals surface area contributed by atoms with Gasteiger partial charge in [-0.25, -0.2) is 0 Å². The molecular formula is C38H22N4O6. The van der Waals surface area contributed by atoms with E-state index in [1.807, 2.05) is 6.07 Å². The molecule has 0 fully saturated rings. The second kappa shape index (κ2) is 9.91. The fourth-order valence-electron chi connectivity index (χ4n) is 7.02. The van der Waals surface area contributed by atoms with Crippen molar-refractivity contribution in [2.45, 2.75) is 13.1 Å². The number of imide groups is 2. The monoisotopic (exact) mass is 630 g/mol. The van der Waals surface area contributed by atoms with E-state index >= 15 is 0 Å². The van der Waals surface area contributed by atoms with Crippen LogP contribution in [0.4, 0.5) is 0 Å². The Labute approximate surface area is 269 Å². The van der Waals surface area contributed by atoms with Crippen LogP contribution in [0, 0.1) is 0 Å². The molecule has 2 N–H and O–H groups in total. The lowest BCUT2D eigenvalue weighted by Crippen LogP contribution is -2.32. The number of nitrogens with zero attached hydrogens (tertiary/aromatic N) is 2. The van der Waals surface area contributed by atoms with Gasteiger partial charge in [-0.1, -0.05) is 42.5 Å². The number of carbonyl (C=O) groups excluding carboxylic acids is 4. The van der Waals surface area contributed by atoms with E-state index in [2.05, 4.69) is 9.97 Å². The largest absolute Gasteiger partial charge is 0.354 e. The van der Waals surface area contributed by atoms with Crippen LogP contribution in [0.15, 0.2) is 107 Å². The highest BCUT2D eigenvalue weighted by atomic mass is 16.2. The van der Waals surface area contributed by atoms with E-state index in [1.165, 1.54) is 0 Å². The van der Waals surface area contributed by atoms with Gasteiger partial charge >= 0.3 is 0 Å². The van der Waals surface area contributed by atoms with E-state index in [0.717, 1.165) is 9.80 Å². The first-order valence-corrected chi connectivity index (χ1v) is 15.3. The summed E-state index contributed by atoms with van der Waals surface area (Å²) in [6, 6.07) is 26.8. The van der Waals surface area contributed by atoms with E-state index in [4.69, 9.17) is 0 Å². The highest BCUT2D eigenvalue weighted by Gasteiger charge is 2.38. The third kappa shape index (κ3) is 3.80. The van der Waals surface area contributed by atoms with E-state index in [9.17, 15) is 28.8 Å². The summed E-state index contributed by atoms with van der Waals surface area (Å²) in [6.45, 7) is -0.457. The van der Waals surface area contributed by atoms with Gasteiger partial charge in [-0.2, -0.15) is 0 Å². The summed E-state index contributed by atoms with van der Waals surface area (Å²) in [5.74, 6) is -1.96. The molecule has 230 valence electrons. The average molecular weight is 631 g/mol. The molecule has 9 rings (SSSR count). The van der Waals surface area contributed by atoms with E-state index in [1.54, 1.807) is 91.0 Å². The number of rotatable bonds is 4. The predicted octanol–water partition coefficient (Wildman–Crippen LogP) is 5.27. The summed E-state index contributed by atoms with van der Waals surface area (Å²) in [6.07, 6.45) is 0. The zero-order chi connectivity index (χ0) is 32.8. The standard InChI is InChI=1S/C38H22N4O6/c43-33-24-11-5-6-12-28(24)39-30-16-26-31(15-25(30)33)40-29-14-13-19(17-41-35(45)20-7-1-2-8-21(20)36(41)46)27(32(29)34(26)44)18-42-37(47)22-9-3-4-10-23(22)38(42)48/h1-16H,17-18H2,(H,39,43)(H,40,44). The van der Waals surface area contributed by atoms with Gasteiger partial charge in [-0.3, -0.25) is 38.6 Å². The second-order valence-corrected chi connectivity index (χ2v) is 12.0. The van der Waals surface area contributed by atoms with Crippen molar-refractivity contribution in [3.63, 3.8) is 0 Å². The average Bonchev–Trinajstić information content (AvgIpc) is 3.49. The molecule has 0 unspecified atom stereocenters. The Kier molecular flexibility index (Phi) is 5.70. The summed E-state index contributed by atoms with van der Waals surface area (Å²) in [4.78, 5) is 90.4. The molecule has 5 aromatic carbocycles. The van der Waals surface area contributed by atoms with Gasteiger partial charge < -0.3 is 9.97 Å². The van der Waals surface area contributed by atoms with Gasteiger partial charge in [0.1, 0.15) is 0 Å². The lowest BCUT2D eigenvalue weighted by atomic mass is 9.97. The van der Waals surface area contributed by atoms with Crippen LogP contribution in [0.5, 0.6) is 0 Å². The minimum atomic E-state index is -0.507. The van der Waals surface area contributed by atoms with Crippen molar-refractivity contribution in [1.82, 2.24) is 19.8 Å². The Balaban J connectivity index is 1.26. The number of para-hydroxylation sites is 1. The third-order valence-electron chi connectivity index (χ3n) is 9.40. The number of carbonyl (C=O) groups is 4. The molecule has 10 nitrogen and oxygen atoms in total. The fraction of sp³-hybridized carbons (Fsp3) is 0.0526. The maximum atomic E-state index is 14.5. The first-order chi connectivity index (χ1) is 23.3. The van der Waals surface area contributed by atoms with Crippen LogP contribution < -0.4 is 10.9 Å². The van der Waals surface area contributed by atoms with Crippen molar-refractivity contribution in [1.29, 1.82) is 0 Å². The number of aromatic amines is 2. The number of hydrogen-bond donors (Lipinski definition) is 2. The summed E-state index contributed by atoms with van der Waals surface area (Å²) in [7, 11) is 0. The smallest absolute Gasteiger partial charge is 0.261 e. The molecule has 0 aliphatic carbocycles. The van der Waals surface area contributed by atoms with Crippen LogP contribution in [0.3, 0.4) is 0 Å². The summed E-state index contributed by atoms with van der Waals surface area (Å²) in [5.41, 5.74) is 3.19. The molecule has 0 saturated carbocycles. The SMILES string of the molecule is O=C1c2ccccc2C(=O)N1Cc1ccc2[nH]c3cc4c(=O)c5ccccc5[nH]c4cc3c(=O)c2c1CN1C(=O)c2ccccc2C1=O. The van der Waals surface area contributed by atoms with Crippen LogP contribution in [0.1, 0.15) is 52.6 Å². The molecule has 0 saturated heterocycles. The quantitative estimate of drug-likeness (QED) is 0.201. The van der Waals surface area contributed by atoms with E-state index < -0.39 is 29.1 Å². The second-order valence-electron chi connectivity index (χ2n) is 12.0. The molecular weight excluding hydrogens is 608 g/mol. The Bertz CT molecular complexity index is 2710. The maximum absolute atomic E-state index is 14.5. The lowest BCUT2D eigenvalue weighted by Gasteiger charge is -2.21. The van der Waals surface area contributed by atoms with Crippen LogP contribution in [-0.2, 0) is 13.1 Å². The first kappa shape index (κ1) is 27.6. The summed E-state index contributed by atoms with van der Waals surface area (Å²) >= 11 is 0. The molecule has 2 aliphatic rings. The van der Waals surface area contributed by atoms with E-state index in [-0.39, 0.29) is 51.5 Å². The van der Waals surface area contributed by atoms with Gasteiger partial charge in [-0.15, -0.1) is 0 Å². The molecule has 0 radical (unpaired) electrons. The number of H-pyrrole nitrogens is 2. The Morgan fingerprint density at radius 3 is 1.50 bits per heavy atom. The molecule has 0 atom stereocenters. The molecule has 0 bridgehead atoms. The van der Waals surface area contributed by atoms with Crippen molar-refractivity contribution in [3.8, 4) is 0 Å². The van der Waals surface area contributed by atoms with Gasteiger partial charge in [0.25, 0.3) is 23.6 Å². The van der Waals surface area contributed by atoms with Crippen molar-refractivity contribution in [2.75, 3.05) is 0 Å². The van der Waals surface area contributed by atoms with Gasteiger partial charge in [0.05, 0.1) is 57.3 Å². The number of aromatic nitrogens is 2. The zero-order valence-corrected chi connectivity index (χ0v) is 25.0. The highest BCUT2D eigenvalue weighted by Crippen LogP contribution is 2.32.